The van der Waals surface area contributed by atoms with Gasteiger partial charge in [-0.05, 0) is 44.5 Å². The molecule has 1 amide bonds. The molecule has 0 saturated heterocycles. The maximum Gasteiger partial charge on any atom is 0.407 e. The van der Waals surface area contributed by atoms with E-state index in [4.69, 9.17) is 9.72 Å². The van der Waals surface area contributed by atoms with E-state index in [9.17, 15) is 4.79 Å². The summed E-state index contributed by atoms with van der Waals surface area (Å²) in [7, 11) is 0. The van der Waals surface area contributed by atoms with E-state index in [0.29, 0.717) is 6.54 Å². The van der Waals surface area contributed by atoms with Crippen LogP contribution in [0.1, 0.15) is 26.3 Å². The van der Waals surface area contributed by atoms with Gasteiger partial charge in [0.15, 0.2) is 4.96 Å². The Kier molecular flexibility index (Phi) is 4.89. The van der Waals surface area contributed by atoms with Crippen LogP contribution in [0.2, 0.25) is 0 Å². The number of nitrogens with zero attached hydrogens (tertiary/aromatic N) is 2. The van der Waals surface area contributed by atoms with Crippen molar-refractivity contribution in [3.63, 3.8) is 0 Å². The Labute approximate surface area is 175 Å². The fraction of sp³-hybridized carbons (Fsp3) is 0.238. The molecular formula is C21H20BrN3O2S. The monoisotopic (exact) mass is 457 g/mol. The number of halogens is 1. The molecule has 2 aromatic carbocycles. The third kappa shape index (κ3) is 4.05. The largest absolute Gasteiger partial charge is 0.444 e. The Hall–Kier alpha value is -2.38. The molecule has 0 bridgehead atoms. The highest BCUT2D eigenvalue weighted by Gasteiger charge is 2.16. The van der Waals surface area contributed by atoms with Crippen LogP contribution in [0, 0.1) is 0 Å². The number of imidazole rings is 1. The van der Waals surface area contributed by atoms with Gasteiger partial charge in [-0.3, -0.25) is 4.40 Å². The van der Waals surface area contributed by atoms with Crippen LogP contribution in [0.5, 0.6) is 0 Å². The average Bonchev–Trinajstić information content (AvgIpc) is 3.16. The van der Waals surface area contributed by atoms with Crippen molar-refractivity contribution in [1.29, 1.82) is 0 Å². The topological polar surface area (TPSA) is 55.6 Å². The smallest absolute Gasteiger partial charge is 0.407 e. The number of thiazole rings is 1. The van der Waals surface area contributed by atoms with E-state index >= 15 is 0 Å². The normalized spacial score (nSPS) is 11.9. The number of aromatic nitrogens is 2. The third-order valence-corrected chi connectivity index (χ3v) is 5.65. The van der Waals surface area contributed by atoms with Gasteiger partial charge in [0.05, 0.1) is 15.9 Å². The minimum absolute atomic E-state index is 0.413. The number of benzene rings is 2. The molecule has 1 N–H and O–H groups in total. The van der Waals surface area contributed by atoms with Crippen molar-refractivity contribution in [2.45, 2.75) is 32.9 Å². The second kappa shape index (κ2) is 7.22. The van der Waals surface area contributed by atoms with E-state index in [1.807, 2.05) is 51.1 Å². The standard InChI is InChI=1S/C21H20BrN3O2S/c1-21(2,3)27-20(26)23-11-13-4-6-14(7-5-13)16-12-25-17-9-8-15(22)10-18(17)28-19(25)24-16/h4-10,12H,11H2,1-3H3,(H,23,26). The zero-order chi connectivity index (χ0) is 19.9. The fourth-order valence-electron chi connectivity index (χ4n) is 2.90. The number of fused-ring (bicyclic) bond motifs is 3. The van der Waals surface area contributed by atoms with Crippen LogP contribution < -0.4 is 5.32 Å². The molecule has 4 rings (SSSR count). The molecule has 0 aliphatic carbocycles. The molecule has 0 saturated carbocycles. The summed E-state index contributed by atoms with van der Waals surface area (Å²) in [5, 5.41) is 2.77. The van der Waals surface area contributed by atoms with Crippen LogP contribution in [0.4, 0.5) is 4.79 Å². The van der Waals surface area contributed by atoms with Crippen LogP contribution in [-0.2, 0) is 11.3 Å². The Balaban J connectivity index is 1.50. The first-order chi connectivity index (χ1) is 13.3. The number of carbonyl (C=O) groups excluding carboxylic acids is 1. The van der Waals surface area contributed by atoms with E-state index in [-0.39, 0.29) is 0 Å². The van der Waals surface area contributed by atoms with Gasteiger partial charge in [-0.15, -0.1) is 0 Å². The molecule has 0 aliphatic heterocycles. The first-order valence-corrected chi connectivity index (χ1v) is 10.5. The summed E-state index contributed by atoms with van der Waals surface area (Å²) in [6.45, 7) is 5.96. The molecule has 0 atom stereocenters. The van der Waals surface area contributed by atoms with Gasteiger partial charge < -0.3 is 10.1 Å². The number of carbonyl (C=O) groups is 1. The van der Waals surface area contributed by atoms with Gasteiger partial charge in [0.1, 0.15) is 5.60 Å². The van der Waals surface area contributed by atoms with Gasteiger partial charge in [-0.1, -0.05) is 51.5 Å². The Morgan fingerprint density at radius 2 is 1.96 bits per heavy atom. The lowest BCUT2D eigenvalue weighted by Crippen LogP contribution is -2.32. The SMILES string of the molecule is CC(C)(C)OC(=O)NCc1ccc(-c2cn3c(n2)sc2cc(Br)ccc23)cc1. The van der Waals surface area contributed by atoms with Crippen molar-refractivity contribution < 1.29 is 9.53 Å². The second-order valence-corrected chi connectivity index (χ2v) is 9.47. The van der Waals surface area contributed by atoms with Crippen LogP contribution in [0.3, 0.4) is 0 Å². The minimum atomic E-state index is -0.498. The van der Waals surface area contributed by atoms with E-state index in [1.165, 1.54) is 4.70 Å². The number of nitrogens with one attached hydrogen (secondary N) is 1. The van der Waals surface area contributed by atoms with Crippen LogP contribution in [0.25, 0.3) is 26.4 Å². The number of hydrogen-bond donors (Lipinski definition) is 1. The lowest BCUT2D eigenvalue weighted by Gasteiger charge is -2.19. The number of hydrogen-bond acceptors (Lipinski definition) is 4. The molecular weight excluding hydrogens is 438 g/mol. The van der Waals surface area contributed by atoms with Crippen molar-refractivity contribution in [3.8, 4) is 11.3 Å². The highest BCUT2D eigenvalue weighted by atomic mass is 79.9. The molecule has 0 unspecified atom stereocenters. The predicted octanol–water partition coefficient (Wildman–Crippen LogP) is 6.00. The maximum absolute atomic E-state index is 11.8. The van der Waals surface area contributed by atoms with Gasteiger partial charge >= 0.3 is 6.09 Å². The molecule has 0 radical (unpaired) electrons. The summed E-state index contributed by atoms with van der Waals surface area (Å²) >= 11 is 5.19. The van der Waals surface area contributed by atoms with Gasteiger partial charge in [0.25, 0.3) is 0 Å². The molecule has 4 aromatic rings. The first-order valence-electron chi connectivity index (χ1n) is 8.92. The first kappa shape index (κ1) is 19.0. The lowest BCUT2D eigenvalue weighted by molar-refractivity contribution is 0.0523. The molecule has 2 aromatic heterocycles. The number of amides is 1. The number of alkyl carbamates (subject to hydrolysis) is 1. The van der Waals surface area contributed by atoms with Crippen molar-refractivity contribution in [2.24, 2.45) is 0 Å². The zero-order valence-corrected chi connectivity index (χ0v) is 18.2. The lowest BCUT2D eigenvalue weighted by atomic mass is 10.1. The van der Waals surface area contributed by atoms with Gasteiger partial charge in [-0.2, -0.15) is 0 Å². The predicted molar refractivity (Wildman–Crippen MR) is 117 cm³/mol. The second-order valence-electron chi connectivity index (χ2n) is 7.55. The van der Waals surface area contributed by atoms with E-state index in [0.717, 1.165) is 31.8 Å². The Morgan fingerprint density at radius 1 is 1.21 bits per heavy atom. The van der Waals surface area contributed by atoms with Crippen molar-refractivity contribution in [1.82, 2.24) is 14.7 Å². The maximum atomic E-state index is 11.8. The summed E-state index contributed by atoms with van der Waals surface area (Å²) in [5.41, 5.74) is 3.64. The minimum Gasteiger partial charge on any atom is -0.444 e. The van der Waals surface area contributed by atoms with E-state index < -0.39 is 11.7 Å². The fourth-order valence-corrected chi connectivity index (χ4v) is 4.46. The van der Waals surface area contributed by atoms with E-state index in [2.05, 4.69) is 44.0 Å². The quantitative estimate of drug-likeness (QED) is 0.410. The summed E-state index contributed by atoms with van der Waals surface area (Å²) in [6, 6.07) is 14.3. The van der Waals surface area contributed by atoms with E-state index in [1.54, 1.807) is 11.3 Å². The van der Waals surface area contributed by atoms with Crippen molar-refractivity contribution >= 4 is 48.5 Å². The molecule has 0 aliphatic rings. The third-order valence-electron chi connectivity index (χ3n) is 4.14. The Morgan fingerprint density at radius 3 is 2.68 bits per heavy atom. The Bertz CT molecular complexity index is 1160. The molecule has 5 nitrogen and oxygen atoms in total. The number of rotatable bonds is 3. The molecule has 2 heterocycles. The molecule has 0 spiro atoms. The molecule has 28 heavy (non-hydrogen) atoms. The van der Waals surface area contributed by atoms with Gasteiger partial charge in [0, 0.05) is 22.8 Å². The molecule has 0 fully saturated rings. The zero-order valence-electron chi connectivity index (χ0n) is 15.8. The highest BCUT2D eigenvalue weighted by molar-refractivity contribution is 9.10. The van der Waals surface area contributed by atoms with Crippen molar-refractivity contribution in [3.05, 3.63) is 58.7 Å². The van der Waals surface area contributed by atoms with Gasteiger partial charge in [0.2, 0.25) is 0 Å². The summed E-state index contributed by atoms with van der Waals surface area (Å²) < 4.78 is 9.65. The summed E-state index contributed by atoms with van der Waals surface area (Å²) in [5.74, 6) is 0. The summed E-state index contributed by atoms with van der Waals surface area (Å²) in [4.78, 5) is 17.5. The number of ether oxygens (including phenoxy) is 1. The van der Waals surface area contributed by atoms with Crippen LogP contribution >= 0.6 is 27.3 Å². The van der Waals surface area contributed by atoms with Crippen LogP contribution in [-0.4, -0.2) is 21.1 Å². The molecule has 144 valence electrons. The van der Waals surface area contributed by atoms with Crippen molar-refractivity contribution in [2.75, 3.05) is 0 Å². The van der Waals surface area contributed by atoms with Crippen LogP contribution in [0.15, 0.2) is 53.1 Å². The molecule has 7 heteroatoms. The average molecular weight is 458 g/mol. The summed E-state index contributed by atoms with van der Waals surface area (Å²) in [6.07, 6.45) is 1.65. The van der Waals surface area contributed by atoms with Gasteiger partial charge in [-0.25, -0.2) is 9.78 Å². The highest BCUT2D eigenvalue weighted by Crippen LogP contribution is 2.31.